The fourth-order valence-electron chi connectivity index (χ4n) is 5.67. The minimum atomic E-state index is -4.77. The lowest BCUT2D eigenvalue weighted by atomic mass is 10.1. The summed E-state index contributed by atoms with van der Waals surface area (Å²) in [7, 11) is -19.0. The molecule has 0 fully saturated rings. The van der Waals surface area contributed by atoms with Crippen LogP contribution in [0.15, 0.2) is 117 Å². The van der Waals surface area contributed by atoms with E-state index in [9.17, 15) is 57.8 Å². The van der Waals surface area contributed by atoms with Crippen LogP contribution in [0.4, 0.5) is 27.5 Å². The number of hydrogen-bond acceptors (Lipinski definition) is 13. The highest BCUT2D eigenvalue weighted by molar-refractivity contribution is 7.91. The topological polar surface area (TPSA) is 283 Å². The van der Waals surface area contributed by atoms with Gasteiger partial charge in [-0.05, 0) is 85.6 Å². The van der Waals surface area contributed by atoms with Gasteiger partial charge in [-0.3, -0.25) is 9.11 Å². The summed E-state index contributed by atoms with van der Waals surface area (Å²) in [5, 5.41) is 27.2. The molecule has 292 valence electrons. The van der Waals surface area contributed by atoms with Crippen molar-refractivity contribution in [2.45, 2.75) is 33.4 Å². The van der Waals surface area contributed by atoms with Gasteiger partial charge in [-0.1, -0.05) is 36.4 Å². The summed E-state index contributed by atoms with van der Waals surface area (Å²) in [4.78, 5) is 10.8. The van der Waals surface area contributed by atoms with Crippen molar-refractivity contribution in [3.63, 3.8) is 0 Å². The Balaban J connectivity index is 1.25. The maximum absolute atomic E-state index is 13.3. The van der Waals surface area contributed by atoms with Crippen LogP contribution < -0.4 is 20.1 Å². The number of phenolic OH excluding ortho intramolecular Hbond substituents is 2. The molecule has 0 aliphatic rings. The molecule has 0 aromatic heterocycles. The summed E-state index contributed by atoms with van der Waals surface area (Å²) in [6.07, 6.45) is 0. The summed E-state index contributed by atoms with van der Waals surface area (Å²) in [5.74, 6) is -0.597. The van der Waals surface area contributed by atoms with E-state index < -0.39 is 65.9 Å². The minimum Gasteiger partial charge on any atom is -0.507 e. The van der Waals surface area contributed by atoms with E-state index in [1.54, 1.807) is 23.3 Å². The number of amides is 2. The first-order valence-electron chi connectivity index (χ1n) is 15.8. The molecule has 6 aromatic carbocycles. The average Bonchev–Trinajstić information content (AvgIpc) is 3.09. The van der Waals surface area contributed by atoms with Gasteiger partial charge >= 0.3 is 6.03 Å². The maximum Gasteiger partial charge on any atom is 0.342 e. The van der Waals surface area contributed by atoms with Crippen molar-refractivity contribution >= 4 is 90.6 Å². The second-order valence-electron chi connectivity index (χ2n) is 12.4. The van der Waals surface area contributed by atoms with E-state index in [0.717, 1.165) is 48.5 Å². The highest BCUT2D eigenvalue weighted by atomic mass is 32.2. The largest absolute Gasteiger partial charge is 0.507 e. The maximum atomic E-state index is 13.3. The Labute approximate surface area is 320 Å². The van der Waals surface area contributed by atoms with Crippen LogP contribution in [0.5, 0.6) is 11.5 Å². The highest BCUT2D eigenvalue weighted by Crippen LogP contribution is 2.37. The van der Waals surface area contributed by atoms with Crippen LogP contribution in [0, 0.1) is 13.8 Å². The SMILES string of the molecule is Cc1ccc(S(=O)(=O)NC(=O)NS(=O)(=O)c2ccc(C)c(Nc3cc(S(=O)(=O)O)cc4c(O)cccc34)c2)cc1Nc1cc(S(=O)(=O)O)cc2c(O)cccc12. The number of carbonyl (C=O) groups is 1. The van der Waals surface area contributed by atoms with Crippen molar-refractivity contribution in [2.24, 2.45) is 0 Å². The summed E-state index contributed by atoms with van der Waals surface area (Å²) in [6, 6.07) is 18.4. The van der Waals surface area contributed by atoms with Crippen LogP contribution >= 0.6 is 0 Å². The molecule has 0 atom stereocenters. The number of aromatic hydroxyl groups is 2. The first kappa shape index (κ1) is 39.7. The zero-order chi connectivity index (χ0) is 41.0. The van der Waals surface area contributed by atoms with Crippen molar-refractivity contribution in [1.82, 2.24) is 9.44 Å². The van der Waals surface area contributed by atoms with Crippen LogP contribution in [0.3, 0.4) is 0 Å². The van der Waals surface area contributed by atoms with Crippen LogP contribution in [-0.4, -0.2) is 59.0 Å². The fraction of sp³-hybridized carbons (Fsp3) is 0.0571. The second kappa shape index (κ2) is 14.3. The molecular weight excluding hydrogens is 813 g/mol. The summed E-state index contributed by atoms with van der Waals surface area (Å²) >= 11 is 0. The molecule has 0 saturated carbocycles. The van der Waals surface area contributed by atoms with Gasteiger partial charge in [0.2, 0.25) is 0 Å². The molecule has 21 heteroatoms. The van der Waals surface area contributed by atoms with Crippen LogP contribution in [-0.2, 0) is 40.3 Å². The number of hydrogen-bond donors (Lipinski definition) is 8. The monoisotopic (exact) mass is 842 g/mol. The molecule has 6 aromatic rings. The van der Waals surface area contributed by atoms with Gasteiger partial charge in [0.15, 0.2) is 0 Å². The number of fused-ring (bicyclic) bond motifs is 2. The first-order valence-corrected chi connectivity index (χ1v) is 21.7. The Hall–Kier alpha value is -5.97. The van der Waals surface area contributed by atoms with Gasteiger partial charge in [0.1, 0.15) is 11.5 Å². The van der Waals surface area contributed by atoms with Crippen LogP contribution in [0.1, 0.15) is 11.1 Å². The third-order valence-corrected chi connectivity index (χ3v) is 12.8. The number of carbonyl (C=O) groups excluding carboxylic acids is 1. The molecule has 56 heavy (non-hydrogen) atoms. The number of phenols is 2. The molecule has 0 bridgehead atoms. The lowest BCUT2D eigenvalue weighted by molar-refractivity contribution is 0.250. The van der Waals surface area contributed by atoms with E-state index in [0.29, 0.717) is 21.9 Å². The molecule has 0 spiro atoms. The molecular formula is C35H30N4O13S4. The second-order valence-corrected chi connectivity index (χ2v) is 18.6. The third kappa shape index (κ3) is 8.17. The number of sulfonamides is 2. The molecule has 8 N–H and O–H groups in total. The smallest absolute Gasteiger partial charge is 0.342 e. The van der Waals surface area contributed by atoms with E-state index in [2.05, 4.69) is 10.6 Å². The standard InChI is InChI=1S/C35H30N4O13S4/c1-19-9-11-21(15-29(19)36-31-17-23(55(47,48)49)13-27-25(31)5-3-7-33(27)40)53(43,44)38-35(42)39-54(45,46)22-12-10-20(2)30(16-22)37-32-18-24(56(50,51)52)14-28-26(32)6-4-8-34(28)41/h3-18,36-37,40-41H,1-2H3,(H2,38,39,42)(H,47,48,49)(H,50,51,52). The Morgan fingerprint density at radius 2 is 0.821 bits per heavy atom. The minimum absolute atomic E-state index is 0.0581. The Morgan fingerprint density at radius 3 is 1.18 bits per heavy atom. The Bertz CT molecular complexity index is 2880. The van der Waals surface area contributed by atoms with Gasteiger partial charge in [-0.2, -0.15) is 16.8 Å². The number of rotatable bonds is 10. The lowest BCUT2D eigenvalue weighted by Crippen LogP contribution is -2.42. The third-order valence-electron chi connectivity index (χ3n) is 8.52. The van der Waals surface area contributed by atoms with Gasteiger partial charge in [0.05, 0.1) is 19.6 Å². The molecule has 0 unspecified atom stereocenters. The van der Waals surface area contributed by atoms with Crippen molar-refractivity contribution in [2.75, 3.05) is 10.6 Å². The first-order chi connectivity index (χ1) is 26.0. The molecule has 0 aliphatic carbocycles. The predicted octanol–water partition coefficient (Wildman–Crippen LogP) is 5.38. The van der Waals surface area contributed by atoms with E-state index in [-0.39, 0.29) is 45.0 Å². The molecule has 2 amide bonds. The summed E-state index contributed by atoms with van der Waals surface area (Å²) < 4.78 is 124. The average molecular weight is 843 g/mol. The van der Waals surface area contributed by atoms with Gasteiger partial charge in [-0.15, -0.1) is 0 Å². The summed E-state index contributed by atoms with van der Waals surface area (Å²) in [5.41, 5.74) is 1.21. The van der Waals surface area contributed by atoms with Crippen molar-refractivity contribution in [1.29, 1.82) is 0 Å². The molecule has 0 radical (unpaired) electrons. The summed E-state index contributed by atoms with van der Waals surface area (Å²) in [6.45, 7) is 3.17. The molecule has 0 saturated heterocycles. The van der Waals surface area contributed by atoms with Gasteiger partial charge in [0.25, 0.3) is 40.3 Å². The number of nitrogens with one attached hydrogen (secondary N) is 4. The van der Waals surface area contributed by atoms with Crippen molar-refractivity contribution in [3.8, 4) is 11.5 Å². The van der Waals surface area contributed by atoms with E-state index >= 15 is 0 Å². The zero-order valence-electron chi connectivity index (χ0n) is 28.8. The van der Waals surface area contributed by atoms with E-state index in [4.69, 9.17) is 0 Å². The highest BCUT2D eigenvalue weighted by Gasteiger charge is 2.25. The van der Waals surface area contributed by atoms with Crippen molar-refractivity contribution < 1.29 is 57.8 Å². The molecule has 6 rings (SSSR count). The quantitative estimate of drug-likeness (QED) is 0.0804. The molecule has 0 heterocycles. The van der Waals surface area contributed by atoms with Gasteiger partial charge in [0, 0.05) is 44.3 Å². The van der Waals surface area contributed by atoms with Crippen LogP contribution in [0.2, 0.25) is 0 Å². The van der Waals surface area contributed by atoms with E-state index in [1.807, 2.05) is 0 Å². The Morgan fingerprint density at radius 1 is 0.464 bits per heavy atom. The Kier molecular flexibility index (Phi) is 10.1. The zero-order valence-corrected chi connectivity index (χ0v) is 32.1. The molecule has 0 aliphatic heterocycles. The fourth-order valence-corrected chi connectivity index (χ4v) is 8.67. The van der Waals surface area contributed by atoms with E-state index in [1.165, 1.54) is 48.5 Å². The number of aryl methyl sites for hydroxylation is 2. The predicted molar refractivity (Wildman–Crippen MR) is 206 cm³/mol. The number of urea groups is 1. The molecule has 17 nitrogen and oxygen atoms in total. The van der Waals surface area contributed by atoms with Crippen LogP contribution in [0.25, 0.3) is 21.5 Å². The van der Waals surface area contributed by atoms with Gasteiger partial charge in [-0.25, -0.2) is 31.1 Å². The number of benzene rings is 6. The normalized spacial score (nSPS) is 12.4. The van der Waals surface area contributed by atoms with Crippen molar-refractivity contribution in [3.05, 3.63) is 108 Å². The lowest BCUT2D eigenvalue weighted by Gasteiger charge is -2.16. The van der Waals surface area contributed by atoms with Gasteiger partial charge < -0.3 is 20.8 Å². The number of anilines is 4.